The monoisotopic (exact) mass is 386 g/mol. The summed E-state index contributed by atoms with van der Waals surface area (Å²) in [6, 6.07) is 5.12. The normalized spacial score (nSPS) is 9.81. The van der Waals surface area contributed by atoms with Crippen LogP contribution in [0.25, 0.3) is 0 Å². The van der Waals surface area contributed by atoms with Crippen molar-refractivity contribution in [2.75, 3.05) is 11.9 Å². The summed E-state index contributed by atoms with van der Waals surface area (Å²) in [4.78, 5) is 36.4. The number of terminal acetylenes is 1. The summed E-state index contributed by atoms with van der Waals surface area (Å²) in [6.07, 6.45) is 6.25. The van der Waals surface area contributed by atoms with Gasteiger partial charge >= 0.3 is 0 Å². The van der Waals surface area contributed by atoms with Gasteiger partial charge in [-0.15, -0.1) is 6.42 Å². The van der Waals surface area contributed by atoms with Gasteiger partial charge in [0.05, 0.1) is 22.7 Å². The maximum absolute atomic E-state index is 13.4. The standard InChI is InChI=1S/C18H12ClFN4O3/c1-3-6-22-18(27)16(25)12-9-24(2)15(14(12)19)17(26)23-11-4-5-13(20)10(7-11)8-21/h1,4-5,7,9H,6H2,2H3,(H,22,27)(H,23,26). The molecular weight excluding hydrogens is 375 g/mol. The van der Waals surface area contributed by atoms with Gasteiger partial charge in [0.2, 0.25) is 0 Å². The van der Waals surface area contributed by atoms with Crippen LogP contribution in [0.15, 0.2) is 24.4 Å². The fraction of sp³-hybridized carbons (Fsp3) is 0.111. The van der Waals surface area contributed by atoms with Crippen molar-refractivity contribution in [3.63, 3.8) is 0 Å². The first kappa shape index (κ1) is 19.7. The van der Waals surface area contributed by atoms with Crippen molar-refractivity contribution in [2.45, 2.75) is 0 Å². The first-order valence-corrected chi connectivity index (χ1v) is 7.79. The number of aromatic nitrogens is 1. The van der Waals surface area contributed by atoms with E-state index in [0.29, 0.717) is 0 Å². The van der Waals surface area contributed by atoms with Crippen LogP contribution in [-0.2, 0) is 11.8 Å². The highest BCUT2D eigenvalue weighted by Gasteiger charge is 2.26. The van der Waals surface area contributed by atoms with Gasteiger partial charge in [-0.1, -0.05) is 17.5 Å². The molecule has 2 aromatic rings. The number of nitrogens with zero attached hydrogens (tertiary/aromatic N) is 2. The highest BCUT2D eigenvalue weighted by Crippen LogP contribution is 2.25. The Morgan fingerprint density at radius 1 is 1.37 bits per heavy atom. The van der Waals surface area contributed by atoms with Crippen molar-refractivity contribution >= 4 is 34.9 Å². The number of carbonyl (C=O) groups excluding carboxylic acids is 3. The number of nitriles is 1. The molecule has 2 amide bonds. The molecule has 1 heterocycles. The molecule has 0 atom stereocenters. The number of rotatable bonds is 5. The van der Waals surface area contributed by atoms with Gasteiger partial charge in [0.15, 0.2) is 0 Å². The van der Waals surface area contributed by atoms with E-state index in [4.69, 9.17) is 23.3 Å². The predicted molar refractivity (Wildman–Crippen MR) is 95.7 cm³/mol. The molecule has 0 saturated heterocycles. The van der Waals surface area contributed by atoms with E-state index in [1.54, 1.807) is 6.07 Å². The zero-order chi connectivity index (χ0) is 20.1. The van der Waals surface area contributed by atoms with Crippen molar-refractivity contribution in [1.82, 2.24) is 9.88 Å². The number of carbonyl (C=O) groups is 3. The van der Waals surface area contributed by atoms with E-state index in [1.807, 2.05) is 0 Å². The van der Waals surface area contributed by atoms with Gasteiger partial charge in [-0.3, -0.25) is 14.4 Å². The SMILES string of the molecule is C#CCNC(=O)C(=O)c1cn(C)c(C(=O)Nc2ccc(F)c(C#N)c2)c1Cl. The molecule has 136 valence electrons. The van der Waals surface area contributed by atoms with E-state index in [1.165, 1.54) is 23.9 Å². The topological polar surface area (TPSA) is 104 Å². The predicted octanol–water partition coefficient (Wildman–Crippen LogP) is 1.87. The lowest BCUT2D eigenvalue weighted by Crippen LogP contribution is -2.31. The maximum atomic E-state index is 13.4. The van der Waals surface area contributed by atoms with Crippen molar-refractivity contribution in [1.29, 1.82) is 5.26 Å². The Labute approximate surface area is 158 Å². The molecule has 2 rings (SSSR count). The molecular formula is C18H12ClFN4O3. The van der Waals surface area contributed by atoms with Gasteiger partial charge in [-0.2, -0.15) is 5.26 Å². The van der Waals surface area contributed by atoms with Crippen molar-refractivity contribution < 1.29 is 18.8 Å². The molecule has 27 heavy (non-hydrogen) atoms. The Kier molecular flexibility index (Phi) is 5.96. The second-order valence-corrected chi connectivity index (χ2v) is 5.67. The minimum atomic E-state index is -0.954. The van der Waals surface area contributed by atoms with Gasteiger partial charge in [-0.05, 0) is 18.2 Å². The average Bonchev–Trinajstić information content (AvgIpc) is 2.94. The number of hydrogen-bond acceptors (Lipinski definition) is 4. The lowest BCUT2D eigenvalue weighted by Gasteiger charge is -2.07. The number of hydrogen-bond donors (Lipinski definition) is 2. The quantitative estimate of drug-likeness (QED) is 0.465. The van der Waals surface area contributed by atoms with Crippen LogP contribution >= 0.6 is 11.6 Å². The van der Waals surface area contributed by atoms with Crippen LogP contribution in [0.4, 0.5) is 10.1 Å². The van der Waals surface area contributed by atoms with Crippen LogP contribution in [-0.4, -0.2) is 28.7 Å². The molecule has 0 aliphatic carbocycles. The fourth-order valence-electron chi connectivity index (χ4n) is 2.23. The Hall–Kier alpha value is -3.62. The van der Waals surface area contributed by atoms with E-state index in [9.17, 15) is 18.8 Å². The first-order valence-electron chi connectivity index (χ1n) is 7.42. The van der Waals surface area contributed by atoms with E-state index in [-0.39, 0.29) is 34.1 Å². The third-order valence-corrected chi connectivity index (χ3v) is 3.86. The second kappa shape index (κ2) is 8.17. The molecule has 0 unspecified atom stereocenters. The number of halogens is 2. The summed E-state index contributed by atoms with van der Waals surface area (Å²) in [7, 11) is 1.46. The van der Waals surface area contributed by atoms with Crippen LogP contribution in [0.1, 0.15) is 26.4 Å². The van der Waals surface area contributed by atoms with Crippen LogP contribution < -0.4 is 10.6 Å². The minimum Gasteiger partial charge on any atom is -0.345 e. The molecule has 0 saturated carbocycles. The van der Waals surface area contributed by atoms with Crippen molar-refractivity contribution in [3.05, 3.63) is 52.1 Å². The molecule has 1 aromatic heterocycles. The van der Waals surface area contributed by atoms with Gasteiger partial charge in [0, 0.05) is 18.9 Å². The Bertz CT molecular complexity index is 1030. The van der Waals surface area contributed by atoms with E-state index in [0.717, 1.165) is 12.1 Å². The third-order valence-electron chi connectivity index (χ3n) is 3.48. The van der Waals surface area contributed by atoms with Crippen LogP contribution in [0.3, 0.4) is 0 Å². The smallest absolute Gasteiger partial charge is 0.293 e. The minimum absolute atomic E-state index is 0.0902. The molecule has 0 spiro atoms. The first-order chi connectivity index (χ1) is 12.8. The molecule has 9 heteroatoms. The van der Waals surface area contributed by atoms with Crippen LogP contribution in [0.2, 0.25) is 5.02 Å². The summed E-state index contributed by atoms with van der Waals surface area (Å²) in [5.41, 5.74) is -0.343. The van der Waals surface area contributed by atoms with Gasteiger partial charge in [-0.25, -0.2) is 4.39 Å². The number of ketones is 1. The maximum Gasteiger partial charge on any atom is 0.293 e. The summed E-state index contributed by atoms with van der Waals surface area (Å²) in [5.74, 6) is -1.17. The fourth-order valence-corrected chi connectivity index (χ4v) is 2.58. The zero-order valence-corrected chi connectivity index (χ0v) is 14.7. The number of aryl methyl sites for hydroxylation is 1. The van der Waals surface area contributed by atoms with E-state index in [2.05, 4.69) is 16.6 Å². The molecule has 0 fully saturated rings. The summed E-state index contributed by atoms with van der Waals surface area (Å²) in [6.45, 7) is -0.131. The third kappa shape index (κ3) is 4.14. The van der Waals surface area contributed by atoms with Crippen molar-refractivity contribution in [3.8, 4) is 18.4 Å². The van der Waals surface area contributed by atoms with Gasteiger partial charge < -0.3 is 15.2 Å². The molecule has 7 nitrogen and oxygen atoms in total. The molecule has 1 aromatic carbocycles. The van der Waals surface area contributed by atoms with Gasteiger partial charge in [0.25, 0.3) is 17.6 Å². The highest BCUT2D eigenvalue weighted by molar-refractivity contribution is 6.48. The summed E-state index contributed by atoms with van der Waals surface area (Å²) >= 11 is 6.11. The largest absolute Gasteiger partial charge is 0.345 e. The lowest BCUT2D eigenvalue weighted by atomic mass is 10.2. The van der Waals surface area contributed by atoms with Crippen LogP contribution in [0.5, 0.6) is 0 Å². The summed E-state index contributed by atoms with van der Waals surface area (Å²) in [5, 5.41) is 13.3. The van der Waals surface area contributed by atoms with Crippen molar-refractivity contribution in [2.24, 2.45) is 7.05 Å². The molecule has 0 aliphatic rings. The Balaban J connectivity index is 2.29. The lowest BCUT2D eigenvalue weighted by molar-refractivity contribution is -0.116. The molecule has 0 radical (unpaired) electrons. The average molecular weight is 387 g/mol. The van der Waals surface area contributed by atoms with E-state index >= 15 is 0 Å². The Morgan fingerprint density at radius 3 is 2.70 bits per heavy atom. The zero-order valence-electron chi connectivity index (χ0n) is 14.0. The number of benzene rings is 1. The highest BCUT2D eigenvalue weighted by atomic mass is 35.5. The number of Topliss-reactive ketones (excluding diaryl/α,β-unsaturated/α-hetero) is 1. The van der Waals surface area contributed by atoms with E-state index < -0.39 is 23.4 Å². The van der Waals surface area contributed by atoms with Gasteiger partial charge in [0.1, 0.15) is 17.6 Å². The molecule has 0 bridgehead atoms. The van der Waals surface area contributed by atoms with Crippen LogP contribution in [0, 0.1) is 29.5 Å². The second-order valence-electron chi connectivity index (χ2n) is 5.29. The molecule has 0 aliphatic heterocycles. The number of amides is 2. The Morgan fingerprint density at radius 2 is 2.07 bits per heavy atom. The summed E-state index contributed by atoms with van der Waals surface area (Å²) < 4.78 is 14.6. The number of nitrogens with one attached hydrogen (secondary N) is 2. The molecule has 2 N–H and O–H groups in total. The number of anilines is 1.